The first-order valence-electron chi connectivity index (χ1n) is 8.92. The van der Waals surface area contributed by atoms with E-state index in [4.69, 9.17) is 9.47 Å². The summed E-state index contributed by atoms with van der Waals surface area (Å²) in [7, 11) is 1.69. The van der Waals surface area contributed by atoms with E-state index in [-0.39, 0.29) is 0 Å². The van der Waals surface area contributed by atoms with Crippen LogP contribution < -0.4 is 14.8 Å². The van der Waals surface area contributed by atoms with Crippen molar-refractivity contribution in [2.24, 2.45) is 0 Å². The minimum absolute atomic E-state index is 0.711. The van der Waals surface area contributed by atoms with Crippen molar-refractivity contribution >= 4 is 15.9 Å². The van der Waals surface area contributed by atoms with E-state index in [9.17, 15) is 0 Å². The summed E-state index contributed by atoms with van der Waals surface area (Å²) < 4.78 is 12.4. The molecule has 0 aliphatic heterocycles. The van der Waals surface area contributed by atoms with E-state index in [1.54, 1.807) is 7.11 Å². The number of halogens is 1. The Kier molecular flexibility index (Phi) is 11.2. The Bertz CT molecular complexity index is 438. The zero-order valence-electron chi connectivity index (χ0n) is 14.9. The zero-order valence-corrected chi connectivity index (χ0v) is 16.5. The van der Waals surface area contributed by atoms with Crippen LogP contribution in [0.4, 0.5) is 0 Å². The fraction of sp³-hybridized carbons (Fsp3) is 0.684. The van der Waals surface area contributed by atoms with Gasteiger partial charge in [0.2, 0.25) is 0 Å². The predicted octanol–water partition coefficient (Wildman–Crippen LogP) is 5.70. The van der Waals surface area contributed by atoms with Crippen LogP contribution in [-0.2, 0) is 6.54 Å². The molecule has 0 atom stereocenters. The monoisotopic (exact) mass is 385 g/mol. The first-order chi connectivity index (χ1) is 11.2. The molecule has 0 fully saturated rings. The number of benzene rings is 1. The van der Waals surface area contributed by atoms with Crippen LogP contribution in [0.1, 0.15) is 64.4 Å². The number of nitrogens with one attached hydrogen (secondary N) is 1. The van der Waals surface area contributed by atoms with Crippen molar-refractivity contribution in [3.63, 3.8) is 0 Å². The molecule has 0 saturated heterocycles. The molecule has 0 unspecified atom stereocenters. The van der Waals surface area contributed by atoms with Crippen LogP contribution in [0.25, 0.3) is 0 Å². The van der Waals surface area contributed by atoms with Gasteiger partial charge >= 0.3 is 0 Å². The molecule has 1 rings (SSSR count). The lowest BCUT2D eigenvalue weighted by Crippen LogP contribution is -2.16. The molecule has 0 aliphatic carbocycles. The number of hydrogen-bond acceptors (Lipinski definition) is 3. The lowest BCUT2D eigenvalue weighted by Gasteiger charge is -2.16. The smallest absolute Gasteiger partial charge is 0.165 e. The van der Waals surface area contributed by atoms with E-state index in [2.05, 4.69) is 41.2 Å². The van der Waals surface area contributed by atoms with Crippen molar-refractivity contribution in [3.8, 4) is 11.5 Å². The van der Waals surface area contributed by atoms with Gasteiger partial charge in [-0.05, 0) is 31.5 Å². The third kappa shape index (κ3) is 8.07. The largest absolute Gasteiger partial charge is 0.493 e. The molecule has 23 heavy (non-hydrogen) atoms. The molecule has 1 N–H and O–H groups in total. The number of unbranched alkanes of at least 4 members (excludes halogenated alkanes) is 5. The maximum atomic E-state index is 5.90. The summed E-state index contributed by atoms with van der Waals surface area (Å²) in [6, 6.07) is 4.07. The maximum absolute atomic E-state index is 5.90. The minimum Gasteiger partial charge on any atom is -0.493 e. The molecule has 0 spiro atoms. The summed E-state index contributed by atoms with van der Waals surface area (Å²) in [5.74, 6) is 1.66. The molecule has 3 nitrogen and oxygen atoms in total. The van der Waals surface area contributed by atoms with Crippen molar-refractivity contribution in [1.82, 2.24) is 5.32 Å². The van der Waals surface area contributed by atoms with Gasteiger partial charge in [-0.2, -0.15) is 0 Å². The lowest BCUT2D eigenvalue weighted by molar-refractivity contribution is 0.290. The van der Waals surface area contributed by atoms with Crippen molar-refractivity contribution in [2.75, 3.05) is 20.3 Å². The normalized spacial score (nSPS) is 10.8. The molecule has 0 radical (unpaired) electrons. The highest BCUT2D eigenvalue weighted by Crippen LogP contribution is 2.35. The quantitative estimate of drug-likeness (QED) is 0.442. The van der Waals surface area contributed by atoms with Crippen molar-refractivity contribution in [2.45, 2.75) is 65.3 Å². The predicted molar refractivity (Wildman–Crippen MR) is 102 cm³/mol. The Morgan fingerprint density at radius 2 is 1.74 bits per heavy atom. The average Bonchev–Trinajstić information content (AvgIpc) is 2.55. The van der Waals surface area contributed by atoms with Crippen LogP contribution in [0, 0.1) is 0 Å². The molecule has 0 aliphatic rings. The highest BCUT2D eigenvalue weighted by atomic mass is 79.9. The summed E-state index contributed by atoms with van der Waals surface area (Å²) in [6.07, 6.45) is 8.93. The third-order valence-electron chi connectivity index (χ3n) is 3.79. The number of rotatable bonds is 13. The van der Waals surface area contributed by atoms with E-state index in [0.717, 1.165) is 41.0 Å². The molecular weight excluding hydrogens is 354 g/mol. The summed E-state index contributed by atoms with van der Waals surface area (Å²) in [5.41, 5.74) is 1.15. The maximum Gasteiger partial charge on any atom is 0.165 e. The van der Waals surface area contributed by atoms with Gasteiger partial charge in [-0.15, -0.1) is 0 Å². The SMILES string of the molecule is CCCCCCCCNCc1cc(Br)cc(OC)c1OCCC. The van der Waals surface area contributed by atoms with Gasteiger partial charge < -0.3 is 14.8 Å². The minimum atomic E-state index is 0.711. The molecule has 132 valence electrons. The Morgan fingerprint density at radius 1 is 1.00 bits per heavy atom. The van der Waals surface area contributed by atoms with Gasteiger partial charge in [-0.3, -0.25) is 0 Å². The topological polar surface area (TPSA) is 30.5 Å². The van der Waals surface area contributed by atoms with Gasteiger partial charge in [0.25, 0.3) is 0 Å². The van der Waals surface area contributed by atoms with Gasteiger partial charge in [0, 0.05) is 16.6 Å². The second-order valence-electron chi connectivity index (χ2n) is 5.89. The van der Waals surface area contributed by atoms with Crippen LogP contribution in [0.5, 0.6) is 11.5 Å². The number of methoxy groups -OCH3 is 1. The van der Waals surface area contributed by atoms with Crippen molar-refractivity contribution in [3.05, 3.63) is 22.2 Å². The van der Waals surface area contributed by atoms with Crippen LogP contribution in [0.3, 0.4) is 0 Å². The van der Waals surface area contributed by atoms with Crippen molar-refractivity contribution in [1.29, 1.82) is 0 Å². The molecular formula is C19H32BrNO2. The molecule has 0 amide bonds. The Morgan fingerprint density at radius 3 is 2.43 bits per heavy atom. The van der Waals surface area contributed by atoms with Crippen molar-refractivity contribution < 1.29 is 9.47 Å². The van der Waals surface area contributed by atoms with Gasteiger partial charge in [-0.1, -0.05) is 61.9 Å². The summed E-state index contributed by atoms with van der Waals surface area (Å²) in [5, 5.41) is 3.53. The Labute approximate surface area is 150 Å². The molecule has 0 heterocycles. The molecule has 0 saturated carbocycles. The molecule has 4 heteroatoms. The van der Waals surface area contributed by atoms with Gasteiger partial charge in [0.1, 0.15) is 0 Å². The highest BCUT2D eigenvalue weighted by Gasteiger charge is 2.12. The standard InChI is InChI=1S/C19H32BrNO2/c1-4-6-7-8-9-10-11-21-15-16-13-17(20)14-18(22-3)19(16)23-12-5-2/h13-14,21H,4-12,15H2,1-3H3. The summed E-state index contributed by atoms with van der Waals surface area (Å²) in [6.45, 7) is 6.94. The average molecular weight is 386 g/mol. The third-order valence-corrected chi connectivity index (χ3v) is 4.25. The molecule has 0 bridgehead atoms. The highest BCUT2D eigenvalue weighted by molar-refractivity contribution is 9.10. The fourth-order valence-electron chi connectivity index (χ4n) is 2.53. The summed E-state index contributed by atoms with van der Waals surface area (Å²) in [4.78, 5) is 0. The molecule has 1 aromatic rings. The van der Waals surface area contributed by atoms with E-state index in [0.29, 0.717) is 6.61 Å². The first-order valence-corrected chi connectivity index (χ1v) is 9.72. The first kappa shape index (κ1) is 20.3. The number of hydrogen-bond donors (Lipinski definition) is 1. The van der Waals surface area contributed by atoms with Gasteiger partial charge in [0.15, 0.2) is 11.5 Å². The van der Waals surface area contributed by atoms with Crippen LogP contribution in [-0.4, -0.2) is 20.3 Å². The Balaban J connectivity index is 2.46. The van der Waals surface area contributed by atoms with E-state index in [1.165, 1.54) is 38.5 Å². The van der Waals surface area contributed by atoms with E-state index in [1.807, 2.05) is 6.07 Å². The fourth-order valence-corrected chi connectivity index (χ4v) is 3.01. The second-order valence-corrected chi connectivity index (χ2v) is 6.80. The zero-order chi connectivity index (χ0) is 16.9. The van der Waals surface area contributed by atoms with Gasteiger partial charge in [-0.25, -0.2) is 0 Å². The van der Waals surface area contributed by atoms with E-state index >= 15 is 0 Å². The molecule has 1 aromatic carbocycles. The van der Waals surface area contributed by atoms with Gasteiger partial charge in [0.05, 0.1) is 13.7 Å². The lowest BCUT2D eigenvalue weighted by atomic mass is 10.1. The number of ether oxygens (including phenoxy) is 2. The van der Waals surface area contributed by atoms with Crippen LogP contribution >= 0.6 is 15.9 Å². The Hall–Kier alpha value is -0.740. The van der Waals surface area contributed by atoms with Crippen LogP contribution in [0.15, 0.2) is 16.6 Å². The molecule has 0 aromatic heterocycles. The van der Waals surface area contributed by atoms with E-state index < -0.39 is 0 Å². The summed E-state index contributed by atoms with van der Waals surface area (Å²) >= 11 is 3.55. The second kappa shape index (κ2) is 12.7. The van der Waals surface area contributed by atoms with Crippen LogP contribution in [0.2, 0.25) is 0 Å².